The lowest BCUT2D eigenvalue weighted by atomic mass is 10.1. The number of nitrogens with zero attached hydrogens (tertiary/aromatic N) is 3. The van der Waals surface area contributed by atoms with Crippen LogP contribution in [0.4, 0.5) is 5.69 Å². The third kappa shape index (κ3) is 6.30. The number of pyridine rings is 1. The molecule has 34 heavy (non-hydrogen) atoms. The van der Waals surface area contributed by atoms with Crippen LogP contribution in [0.2, 0.25) is 0 Å². The van der Waals surface area contributed by atoms with E-state index in [9.17, 15) is 13.2 Å². The second-order valence-corrected chi connectivity index (χ2v) is 10.3. The summed E-state index contributed by atoms with van der Waals surface area (Å²) in [6.07, 6.45) is 4.41. The number of sulfonamides is 1. The van der Waals surface area contributed by atoms with Crippen LogP contribution in [-0.2, 0) is 34.3 Å². The Morgan fingerprint density at radius 3 is 2.29 bits per heavy atom. The summed E-state index contributed by atoms with van der Waals surface area (Å²) in [5.41, 5.74) is 3.71. The molecule has 2 aromatic carbocycles. The molecule has 1 unspecified atom stereocenters. The van der Waals surface area contributed by atoms with Crippen molar-refractivity contribution < 1.29 is 18.3 Å². The normalized spacial score (nSPS) is 12.3. The van der Waals surface area contributed by atoms with E-state index in [1.54, 1.807) is 42.6 Å². The standard InChI is InChI=1S/C26H29N3O4S/c1-4-25(23-9-6-14-27-17-23)34(32,33)29(18-20-10-12-24(13-11-20)28(2)3)19-22-8-5-7-21(15-22)16-26(30)31/h4-15,17,25H,1,16,18-19H2,2-3H3,(H,30,31). The molecule has 1 N–H and O–H groups in total. The van der Waals surface area contributed by atoms with E-state index in [2.05, 4.69) is 11.6 Å². The van der Waals surface area contributed by atoms with Crippen molar-refractivity contribution in [3.05, 3.63) is 108 Å². The number of carboxylic acid groups (broad SMARTS) is 1. The third-order valence-electron chi connectivity index (χ3n) is 5.43. The van der Waals surface area contributed by atoms with Crippen molar-refractivity contribution in [2.24, 2.45) is 0 Å². The smallest absolute Gasteiger partial charge is 0.307 e. The fraction of sp³-hybridized carbons (Fsp3) is 0.231. The molecule has 0 bridgehead atoms. The maximum absolute atomic E-state index is 13.8. The van der Waals surface area contributed by atoms with Gasteiger partial charge in [0.15, 0.2) is 0 Å². The van der Waals surface area contributed by atoms with Crippen LogP contribution in [-0.4, -0.2) is 42.9 Å². The van der Waals surface area contributed by atoms with E-state index in [-0.39, 0.29) is 19.5 Å². The third-order valence-corrected chi connectivity index (χ3v) is 7.51. The molecule has 8 heteroatoms. The van der Waals surface area contributed by atoms with Gasteiger partial charge in [0.25, 0.3) is 0 Å². The van der Waals surface area contributed by atoms with Gasteiger partial charge in [-0.2, -0.15) is 4.31 Å². The molecule has 0 aliphatic carbocycles. The van der Waals surface area contributed by atoms with Crippen LogP contribution in [0.3, 0.4) is 0 Å². The summed E-state index contributed by atoms with van der Waals surface area (Å²) < 4.78 is 29.1. The van der Waals surface area contributed by atoms with Crippen molar-refractivity contribution >= 4 is 21.7 Å². The summed E-state index contributed by atoms with van der Waals surface area (Å²) in [7, 11) is 0.00934. The highest BCUT2D eigenvalue weighted by Crippen LogP contribution is 2.29. The van der Waals surface area contributed by atoms with Crippen molar-refractivity contribution in [1.82, 2.24) is 9.29 Å². The molecule has 3 aromatic rings. The number of aliphatic carboxylic acids is 1. The first kappa shape index (κ1) is 25.1. The highest BCUT2D eigenvalue weighted by atomic mass is 32.2. The van der Waals surface area contributed by atoms with Crippen molar-refractivity contribution in [2.45, 2.75) is 24.8 Å². The zero-order valence-corrected chi connectivity index (χ0v) is 20.1. The van der Waals surface area contributed by atoms with Crippen molar-refractivity contribution in [3.63, 3.8) is 0 Å². The molecule has 0 saturated heterocycles. The monoisotopic (exact) mass is 479 g/mol. The van der Waals surface area contributed by atoms with Gasteiger partial charge in [0.05, 0.1) is 6.42 Å². The molecular weight excluding hydrogens is 450 g/mol. The molecule has 0 radical (unpaired) electrons. The average molecular weight is 480 g/mol. The Morgan fingerprint density at radius 2 is 1.71 bits per heavy atom. The Balaban J connectivity index is 1.98. The Kier molecular flexibility index (Phi) is 8.20. The molecule has 3 rings (SSSR count). The van der Waals surface area contributed by atoms with Crippen LogP contribution >= 0.6 is 0 Å². The van der Waals surface area contributed by atoms with Crippen LogP contribution in [0.25, 0.3) is 0 Å². The summed E-state index contributed by atoms with van der Waals surface area (Å²) >= 11 is 0. The largest absolute Gasteiger partial charge is 0.481 e. The molecule has 0 aliphatic rings. The molecule has 0 amide bonds. The van der Waals surface area contributed by atoms with Crippen LogP contribution in [0.5, 0.6) is 0 Å². The Hall–Kier alpha value is -3.49. The number of rotatable bonds is 11. The molecule has 7 nitrogen and oxygen atoms in total. The minimum atomic E-state index is -3.88. The van der Waals surface area contributed by atoms with Gasteiger partial charge in [-0.1, -0.05) is 48.5 Å². The van der Waals surface area contributed by atoms with E-state index in [0.717, 1.165) is 11.3 Å². The van der Waals surface area contributed by atoms with Gasteiger partial charge in [0, 0.05) is 45.3 Å². The van der Waals surface area contributed by atoms with E-state index in [1.165, 1.54) is 16.6 Å². The Bertz CT molecular complexity index is 1230. The maximum atomic E-state index is 13.8. The molecular formula is C26H29N3O4S. The number of carboxylic acids is 1. The maximum Gasteiger partial charge on any atom is 0.307 e. The molecule has 0 saturated carbocycles. The van der Waals surface area contributed by atoms with Gasteiger partial charge >= 0.3 is 5.97 Å². The van der Waals surface area contributed by atoms with Gasteiger partial charge in [0.1, 0.15) is 5.25 Å². The summed E-state index contributed by atoms with van der Waals surface area (Å²) in [6.45, 7) is 4.02. The van der Waals surface area contributed by atoms with E-state index in [1.807, 2.05) is 43.3 Å². The van der Waals surface area contributed by atoms with Gasteiger partial charge in [-0.05, 0) is 40.5 Å². The lowest BCUT2D eigenvalue weighted by Gasteiger charge is -2.27. The minimum Gasteiger partial charge on any atom is -0.481 e. The van der Waals surface area contributed by atoms with Gasteiger partial charge in [-0.25, -0.2) is 8.42 Å². The highest BCUT2D eigenvalue weighted by Gasteiger charge is 2.32. The molecule has 1 aromatic heterocycles. The lowest BCUT2D eigenvalue weighted by molar-refractivity contribution is -0.136. The number of aromatic nitrogens is 1. The van der Waals surface area contributed by atoms with Crippen molar-refractivity contribution in [3.8, 4) is 0 Å². The second-order valence-electron chi connectivity index (χ2n) is 8.21. The van der Waals surface area contributed by atoms with Gasteiger partial charge in [-0.15, -0.1) is 6.58 Å². The SMILES string of the molecule is C=CC(c1cccnc1)S(=O)(=O)N(Cc1ccc(N(C)C)cc1)Cc1cccc(CC(=O)O)c1. The van der Waals surface area contributed by atoms with E-state index in [0.29, 0.717) is 16.7 Å². The quantitative estimate of drug-likeness (QED) is 0.418. The van der Waals surface area contributed by atoms with Crippen molar-refractivity contribution in [2.75, 3.05) is 19.0 Å². The van der Waals surface area contributed by atoms with Crippen LogP contribution < -0.4 is 4.90 Å². The fourth-order valence-electron chi connectivity index (χ4n) is 3.69. The molecule has 178 valence electrons. The predicted octanol–water partition coefficient (Wildman–Crippen LogP) is 4.03. The van der Waals surface area contributed by atoms with Crippen LogP contribution in [0, 0.1) is 0 Å². The highest BCUT2D eigenvalue weighted by molar-refractivity contribution is 7.89. The molecule has 1 atom stereocenters. The second kappa shape index (κ2) is 11.1. The number of benzene rings is 2. The molecule has 0 fully saturated rings. The molecule has 0 spiro atoms. The Labute approximate surface area is 201 Å². The summed E-state index contributed by atoms with van der Waals surface area (Å²) in [6, 6.07) is 18.1. The summed E-state index contributed by atoms with van der Waals surface area (Å²) in [5.74, 6) is -0.939. The minimum absolute atomic E-state index is 0.0931. The van der Waals surface area contributed by atoms with E-state index in [4.69, 9.17) is 5.11 Å². The number of carbonyl (C=O) groups is 1. The zero-order valence-electron chi connectivity index (χ0n) is 19.3. The summed E-state index contributed by atoms with van der Waals surface area (Å²) in [5, 5.41) is 8.16. The Morgan fingerprint density at radius 1 is 1.03 bits per heavy atom. The first-order chi connectivity index (χ1) is 16.2. The topological polar surface area (TPSA) is 90.8 Å². The van der Waals surface area contributed by atoms with Crippen LogP contribution in [0.1, 0.15) is 27.5 Å². The lowest BCUT2D eigenvalue weighted by Crippen LogP contribution is -2.33. The number of hydrogen-bond donors (Lipinski definition) is 1. The van der Waals surface area contributed by atoms with E-state index < -0.39 is 21.2 Å². The predicted molar refractivity (Wildman–Crippen MR) is 134 cm³/mol. The number of hydrogen-bond acceptors (Lipinski definition) is 5. The zero-order chi connectivity index (χ0) is 24.7. The molecule has 1 heterocycles. The molecule has 0 aliphatic heterocycles. The average Bonchev–Trinajstić information content (AvgIpc) is 2.80. The van der Waals surface area contributed by atoms with E-state index >= 15 is 0 Å². The van der Waals surface area contributed by atoms with Gasteiger partial charge in [0.2, 0.25) is 10.0 Å². The fourth-order valence-corrected chi connectivity index (χ4v) is 5.40. The van der Waals surface area contributed by atoms with Gasteiger partial charge in [-0.3, -0.25) is 9.78 Å². The van der Waals surface area contributed by atoms with Gasteiger partial charge < -0.3 is 10.0 Å². The van der Waals surface area contributed by atoms with Crippen LogP contribution in [0.15, 0.2) is 85.7 Å². The summed E-state index contributed by atoms with van der Waals surface area (Å²) in [4.78, 5) is 17.2. The van der Waals surface area contributed by atoms with Crippen molar-refractivity contribution in [1.29, 1.82) is 0 Å². The first-order valence-corrected chi connectivity index (χ1v) is 12.3. The number of anilines is 1. The first-order valence-electron chi connectivity index (χ1n) is 10.8.